The summed E-state index contributed by atoms with van der Waals surface area (Å²) in [5, 5.41) is 73.2. The molecule has 8 aromatic rings. The van der Waals surface area contributed by atoms with Crippen LogP contribution in [0.1, 0.15) is 202 Å². The molecule has 15 atom stereocenters. The lowest BCUT2D eigenvalue weighted by Crippen LogP contribution is -2.40. The monoisotopic (exact) mass is 1620 g/mol. The second kappa shape index (κ2) is 60.3. The van der Waals surface area contributed by atoms with Crippen molar-refractivity contribution in [1.82, 2.24) is 31.9 Å². The van der Waals surface area contributed by atoms with Gasteiger partial charge >= 0.3 is 0 Å². The lowest BCUT2D eigenvalue weighted by Gasteiger charge is -2.28. The topological polar surface area (TPSA) is 295 Å². The summed E-state index contributed by atoms with van der Waals surface area (Å²) in [5.74, 6) is 0. The Bertz CT molecular complexity index is 3540. The summed E-state index contributed by atoms with van der Waals surface area (Å²) in [4.78, 5) is 0. The molecule has 13 rings (SSSR count). The Balaban J connectivity index is 0.000000446. The molecule has 5 heterocycles. The third-order valence-electron chi connectivity index (χ3n) is 18.8. The fourth-order valence-electron chi connectivity index (χ4n) is 11.7. The Kier molecular flexibility index (Phi) is 54.5. The molecule has 117 heavy (non-hydrogen) atoms. The summed E-state index contributed by atoms with van der Waals surface area (Å²) in [6, 6.07) is 68.3. The standard InChI is InChI=1S/2C12H19NO2.4C12H17NO.C9H10O.C9H10.2C3H9NO.2CH4/c2*1-9-4-3-5-11(6-9)12(15)7-13-10(2)8-14;4*1-9-4-3-5-11(6-9)12-7-13-10(2)8-14-12;1-7-3-2-4-8(5-7)9-6-10-9;1-3-9-6-4-5-8(2)7-9;2*1-3(4)2-5;;/h2*3-6,10,12-15H,7-8H2,1-2H3;4*3-6,10,12-13H,7-8H2,1-2H3;2-5,9H,6H2,1H3;3-7H,1H2,2H3;2*3,5H,2,4H2,1H3;2*1H4/t5*10-,12?;10-,12-;;;2*3-;;/m101100..10../s1. The van der Waals surface area contributed by atoms with Crippen LogP contribution in [0.15, 0.2) is 201 Å². The maximum Gasteiger partial charge on any atom is 0.106 e. The Labute approximate surface area is 705 Å². The van der Waals surface area contributed by atoms with E-state index >= 15 is 0 Å². The summed E-state index contributed by atoms with van der Waals surface area (Å²) >= 11 is 0. The minimum atomic E-state index is -0.515. The highest BCUT2D eigenvalue weighted by molar-refractivity contribution is 5.47. The zero-order chi connectivity index (χ0) is 84.6. The van der Waals surface area contributed by atoms with Crippen LogP contribution < -0.4 is 43.4 Å². The van der Waals surface area contributed by atoms with Crippen LogP contribution in [0.5, 0.6) is 0 Å². The maximum atomic E-state index is 9.85. The van der Waals surface area contributed by atoms with Crippen molar-refractivity contribution in [1.29, 1.82) is 0 Å². The number of benzene rings is 8. The molecule has 0 spiro atoms. The second-order valence-electron chi connectivity index (χ2n) is 31.2. The van der Waals surface area contributed by atoms with E-state index in [4.69, 9.17) is 55.6 Å². The summed E-state index contributed by atoms with van der Waals surface area (Å²) in [7, 11) is 0. The van der Waals surface area contributed by atoms with Crippen LogP contribution in [0.4, 0.5) is 0 Å². The minimum absolute atomic E-state index is 0. The van der Waals surface area contributed by atoms with Crippen molar-refractivity contribution in [2.24, 2.45) is 11.5 Å². The molecule has 0 radical (unpaired) electrons. The molecule has 0 bridgehead atoms. The second-order valence-corrected chi connectivity index (χ2v) is 31.2. The molecule has 0 saturated carbocycles. The van der Waals surface area contributed by atoms with Gasteiger partial charge in [0.2, 0.25) is 0 Å². The first kappa shape index (κ1) is 106. The summed E-state index contributed by atoms with van der Waals surface area (Å²) in [5.41, 5.74) is 29.6. The maximum absolute atomic E-state index is 9.85. The Morgan fingerprint density at radius 1 is 0.359 bits per heavy atom. The lowest BCUT2D eigenvalue weighted by molar-refractivity contribution is 0.00689. The van der Waals surface area contributed by atoms with Crippen LogP contribution in [0, 0.1) is 55.4 Å². The number of nitrogens with two attached hydrogens (primary N) is 2. The van der Waals surface area contributed by atoms with E-state index in [1.54, 1.807) is 13.8 Å². The number of rotatable bonds is 18. The zero-order valence-corrected chi connectivity index (χ0v) is 71.9. The van der Waals surface area contributed by atoms with Crippen LogP contribution >= 0.6 is 0 Å². The molecule has 5 fully saturated rings. The van der Waals surface area contributed by atoms with Gasteiger partial charge in [-0.25, -0.2) is 0 Å². The summed E-state index contributed by atoms with van der Waals surface area (Å²) < 4.78 is 28.2. The molecule has 5 aliphatic rings. The molecule has 8 aromatic carbocycles. The summed E-state index contributed by atoms with van der Waals surface area (Å²) in [6.07, 6.45) is 2.14. The molecular weight excluding hydrogens is 1470 g/mol. The van der Waals surface area contributed by atoms with Crippen molar-refractivity contribution < 1.29 is 54.3 Å². The van der Waals surface area contributed by atoms with Gasteiger partial charge in [0.05, 0.1) is 96.1 Å². The molecule has 5 aliphatic heterocycles. The van der Waals surface area contributed by atoms with Crippen molar-refractivity contribution >= 4 is 6.08 Å². The lowest BCUT2D eigenvalue weighted by atomic mass is 10.1. The van der Waals surface area contributed by atoms with Crippen LogP contribution in [-0.2, 0) is 23.7 Å². The average molecular weight is 1620 g/mol. The van der Waals surface area contributed by atoms with Crippen molar-refractivity contribution in [2.75, 3.05) is 98.7 Å². The highest BCUT2D eigenvalue weighted by atomic mass is 16.6. The predicted octanol–water partition coefficient (Wildman–Crippen LogP) is 14.8. The van der Waals surface area contributed by atoms with Gasteiger partial charge in [0.25, 0.3) is 0 Å². The number of hydrogen-bond donors (Lipinski definition) is 14. The number of aliphatic hydroxyl groups is 6. The van der Waals surface area contributed by atoms with Crippen molar-refractivity contribution in [3.05, 3.63) is 290 Å². The molecule has 19 heteroatoms. The SMILES string of the molecule is C.C.C=Cc1cccc(C)c1.C[C@@H](N)CO.C[C@H](N)CO.Cc1cccc(C(O)CN[C@@H](C)CO)c1.Cc1cccc(C(O)CN[C@H](C)CO)c1.Cc1cccc(C2CN[C@@H](C)CO2)c1.Cc1cccc(C2CN[C@H](C)CO2)c1.Cc1cccc(C2CN[C@H](C)CO2)c1.Cc1cccc(C2CO2)c1.Cc1cccc([C@@H]2CN[C@@H](C)CO2)c1. The molecule has 0 amide bonds. The first-order valence-corrected chi connectivity index (χ1v) is 41.0. The molecule has 5 saturated heterocycles. The quantitative estimate of drug-likeness (QED) is 0.0355. The van der Waals surface area contributed by atoms with E-state index in [0.29, 0.717) is 43.4 Å². The highest BCUT2D eigenvalue weighted by Gasteiger charge is 2.25. The number of epoxide rings is 1. The van der Waals surface area contributed by atoms with Crippen LogP contribution in [-0.4, -0.2) is 178 Å². The number of hydrogen-bond acceptors (Lipinski definition) is 19. The van der Waals surface area contributed by atoms with Gasteiger partial charge in [0.1, 0.15) is 6.10 Å². The summed E-state index contributed by atoms with van der Waals surface area (Å²) in [6.45, 7) is 45.2. The Morgan fingerprint density at radius 2 is 0.581 bits per heavy atom. The van der Waals surface area contributed by atoms with E-state index in [1.807, 2.05) is 94.4 Å². The van der Waals surface area contributed by atoms with Gasteiger partial charge in [-0.15, -0.1) is 0 Å². The van der Waals surface area contributed by atoms with E-state index in [-0.39, 0.29) is 89.9 Å². The van der Waals surface area contributed by atoms with E-state index < -0.39 is 12.2 Å². The van der Waals surface area contributed by atoms with Crippen LogP contribution in [0.3, 0.4) is 0 Å². The molecule has 0 aliphatic carbocycles. The average Bonchev–Trinajstić information content (AvgIpc) is 1.79. The third-order valence-corrected chi connectivity index (χ3v) is 18.8. The molecular formula is C98H152N8O11. The van der Waals surface area contributed by atoms with Gasteiger partial charge in [-0.3, -0.25) is 0 Å². The van der Waals surface area contributed by atoms with Crippen molar-refractivity contribution in [3.8, 4) is 0 Å². The van der Waals surface area contributed by atoms with Gasteiger partial charge in [-0.2, -0.15) is 0 Å². The van der Waals surface area contributed by atoms with Gasteiger partial charge in [0.15, 0.2) is 0 Å². The molecule has 0 aromatic heterocycles. The van der Waals surface area contributed by atoms with Crippen molar-refractivity contribution in [2.45, 2.75) is 217 Å². The number of aryl methyl sites for hydroxylation is 8. The van der Waals surface area contributed by atoms with E-state index in [1.165, 1.54) is 66.8 Å². The fourth-order valence-corrected chi connectivity index (χ4v) is 11.7. The number of nitrogens with one attached hydrogen (secondary N) is 6. The first-order valence-electron chi connectivity index (χ1n) is 41.0. The van der Waals surface area contributed by atoms with Gasteiger partial charge in [0, 0.05) is 87.6 Å². The zero-order valence-electron chi connectivity index (χ0n) is 71.9. The van der Waals surface area contributed by atoms with Gasteiger partial charge in [-0.1, -0.05) is 266 Å². The van der Waals surface area contributed by atoms with E-state index in [0.717, 1.165) is 81.5 Å². The van der Waals surface area contributed by atoms with E-state index in [2.05, 4.69) is 241 Å². The minimum Gasteiger partial charge on any atom is -0.395 e. The Morgan fingerprint density at radius 3 is 0.769 bits per heavy atom. The number of morpholine rings is 4. The molecule has 650 valence electrons. The van der Waals surface area contributed by atoms with Crippen LogP contribution in [0.25, 0.3) is 6.08 Å². The van der Waals surface area contributed by atoms with E-state index in [9.17, 15) is 10.2 Å². The molecule has 6 unspecified atom stereocenters. The normalized spacial score (nSPS) is 20.9. The fraction of sp³-hybridized carbons (Fsp3) is 0.490. The van der Waals surface area contributed by atoms with Gasteiger partial charge < -0.3 is 97.7 Å². The predicted molar refractivity (Wildman–Crippen MR) is 487 cm³/mol. The molecule has 16 N–H and O–H groups in total. The van der Waals surface area contributed by atoms with Crippen LogP contribution in [0.2, 0.25) is 0 Å². The number of ether oxygens (including phenoxy) is 5. The molecule has 19 nitrogen and oxygen atoms in total. The largest absolute Gasteiger partial charge is 0.395 e. The highest BCUT2D eigenvalue weighted by Crippen LogP contribution is 2.30. The Hall–Kier alpha value is -7.26. The smallest absolute Gasteiger partial charge is 0.106 e. The third kappa shape index (κ3) is 46.2. The van der Waals surface area contributed by atoms with Gasteiger partial charge in [-0.05, 0) is 155 Å². The number of aliphatic hydroxyl groups excluding tert-OH is 6. The first-order chi connectivity index (χ1) is 55.0. The van der Waals surface area contributed by atoms with Crippen molar-refractivity contribution in [3.63, 3.8) is 0 Å².